The number of hydrogen-bond acceptors (Lipinski definition) is 6. The second-order valence-electron chi connectivity index (χ2n) is 4.58. The quantitative estimate of drug-likeness (QED) is 0.576. The average molecular weight is 312 g/mol. The van der Waals surface area contributed by atoms with E-state index >= 15 is 0 Å². The molecule has 4 rings (SSSR count). The van der Waals surface area contributed by atoms with Crippen molar-refractivity contribution in [3.63, 3.8) is 0 Å². The zero-order valence-electron chi connectivity index (χ0n) is 11.3. The lowest BCUT2D eigenvalue weighted by atomic mass is 10.2. The lowest BCUT2D eigenvalue weighted by molar-refractivity contribution is 1.20. The zero-order valence-corrected chi connectivity index (χ0v) is 12.9. The fraction of sp³-hybridized carbons (Fsp3) is 0.0667. The summed E-state index contributed by atoms with van der Waals surface area (Å²) in [6.07, 6.45) is 0. The molecule has 0 radical (unpaired) electrons. The minimum absolute atomic E-state index is 0.629. The van der Waals surface area contributed by atoms with Crippen molar-refractivity contribution in [3.8, 4) is 0 Å². The fourth-order valence-corrected chi connectivity index (χ4v) is 3.78. The normalized spacial score (nSPS) is 11.1. The van der Waals surface area contributed by atoms with E-state index in [1.807, 2.05) is 18.5 Å². The highest BCUT2D eigenvalue weighted by Crippen LogP contribution is 2.30. The number of thiophene rings is 2. The summed E-state index contributed by atoms with van der Waals surface area (Å²) in [4.78, 5) is 9.97. The fourth-order valence-electron chi connectivity index (χ4n) is 2.24. The second-order valence-corrected chi connectivity index (χ2v) is 6.43. The standard InChI is InChI=1S/C15H12N4S2/c1-16-15-18-13(11-5-7-21-14(11)19-15)17-10-2-3-12-9(8-10)4-6-20-12/h2-8H,1H3,(H2,16,17,18,19). The van der Waals surface area contributed by atoms with Crippen LogP contribution in [0.3, 0.4) is 0 Å². The van der Waals surface area contributed by atoms with E-state index in [2.05, 4.69) is 50.2 Å². The number of nitrogens with one attached hydrogen (secondary N) is 2. The molecule has 4 aromatic rings. The predicted octanol–water partition coefficient (Wildman–Crippen LogP) is 4.69. The van der Waals surface area contributed by atoms with E-state index in [9.17, 15) is 0 Å². The Balaban J connectivity index is 1.80. The van der Waals surface area contributed by atoms with Crippen molar-refractivity contribution in [2.45, 2.75) is 0 Å². The minimum atomic E-state index is 0.629. The molecule has 6 heteroatoms. The monoisotopic (exact) mass is 312 g/mol. The highest BCUT2D eigenvalue weighted by molar-refractivity contribution is 7.17. The number of rotatable bonds is 3. The van der Waals surface area contributed by atoms with Gasteiger partial charge in [-0.15, -0.1) is 22.7 Å². The molecular weight excluding hydrogens is 300 g/mol. The molecule has 0 unspecified atom stereocenters. The molecule has 0 aliphatic carbocycles. The van der Waals surface area contributed by atoms with Gasteiger partial charge in [0.25, 0.3) is 0 Å². The van der Waals surface area contributed by atoms with Gasteiger partial charge in [0, 0.05) is 17.4 Å². The Hall–Kier alpha value is -2.18. The van der Waals surface area contributed by atoms with Crippen molar-refractivity contribution in [2.24, 2.45) is 0 Å². The van der Waals surface area contributed by atoms with Crippen molar-refractivity contribution in [3.05, 3.63) is 41.1 Å². The van der Waals surface area contributed by atoms with Crippen molar-refractivity contribution < 1.29 is 0 Å². The molecule has 3 aromatic heterocycles. The molecule has 0 saturated carbocycles. The van der Waals surface area contributed by atoms with Gasteiger partial charge in [-0.2, -0.15) is 4.98 Å². The average Bonchev–Trinajstić information content (AvgIpc) is 3.14. The summed E-state index contributed by atoms with van der Waals surface area (Å²) in [5.41, 5.74) is 1.04. The number of fused-ring (bicyclic) bond motifs is 2. The van der Waals surface area contributed by atoms with Crippen molar-refractivity contribution in [1.29, 1.82) is 0 Å². The lowest BCUT2D eigenvalue weighted by Crippen LogP contribution is -2.00. The third-order valence-electron chi connectivity index (χ3n) is 3.26. The molecule has 0 aliphatic rings. The Morgan fingerprint density at radius 1 is 1.00 bits per heavy atom. The maximum absolute atomic E-state index is 4.53. The molecule has 2 N–H and O–H groups in total. The van der Waals surface area contributed by atoms with E-state index < -0.39 is 0 Å². The van der Waals surface area contributed by atoms with Gasteiger partial charge in [-0.1, -0.05) is 0 Å². The Morgan fingerprint density at radius 2 is 1.90 bits per heavy atom. The van der Waals surface area contributed by atoms with Crippen molar-refractivity contribution in [2.75, 3.05) is 17.7 Å². The molecule has 21 heavy (non-hydrogen) atoms. The smallest absolute Gasteiger partial charge is 0.225 e. The van der Waals surface area contributed by atoms with Crippen LogP contribution in [0, 0.1) is 0 Å². The van der Waals surface area contributed by atoms with E-state index in [0.29, 0.717) is 5.95 Å². The summed E-state index contributed by atoms with van der Waals surface area (Å²) < 4.78 is 1.29. The van der Waals surface area contributed by atoms with Gasteiger partial charge in [0.2, 0.25) is 5.95 Å². The first kappa shape index (κ1) is 12.6. The molecule has 4 nitrogen and oxygen atoms in total. The van der Waals surface area contributed by atoms with Crippen LogP contribution in [0.5, 0.6) is 0 Å². The Labute approximate surface area is 129 Å². The molecular formula is C15H12N4S2. The number of hydrogen-bond donors (Lipinski definition) is 2. The molecule has 0 fully saturated rings. The SMILES string of the molecule is CNc1nc(Nc2ccc3sccc3c2)c2ccsc2n1. The Bertz CT molecular complexity index is 926. The summed E-state index contributed by atoms with van der Waals surface area (Å²) in [5, 5.41) is 12.8. The van der Waals surface area contributed by atoms with E-state index in [4.69, 9.17) is 0 Å². The van der Waals surface area contributed by atoms with Crippen LogP contribution < -0.4 is 10.6 Å². The van der Waals surface area contributed by atoms with Crippen LogP contribution in [0.15, 0.2) is 41.1 Å². The maximum atomic E-state index is 4.53. The number of anilines is 3. The molecule has 1 aromatic carbocycles. The first-order valence-corrected chi connectivity index (χ1v) is 8.27. The van der Waals surface area contributed by atoms with Crippen LogP contribution in [-0.4, -0.2) is 17.0 Å². The maximum Gasteiger partial charge on any atom is 0.225 e. The van der Waals surface area contributed by atoms with Gasteiger partial charge in [-0.25, -0.2) is 4.98 Å². The summed E-state index contributed by atoms with van der Waals surface area (Å²) in [6, 6.07) is 10.5. The molecule has 0 amide bonds. The van der Waals surface area contributed by atoms with E-state index in [-0.39, 0.29) is 0 Å². The third kappa shape index (κ3) is 2.22. The Morgan fingerprint density at radius 3 is 2.81 bits per heavy atom. The van der Waals surface area contributed by atoms with E-state index in [1.54, 1.807) is 22.7 Å². The first-order chi connectivity index (χ1) is 10.3. The second kappa shape index (κ2) is 4.98. The van der Waals surface area contributed by atoms with Crippen LogP contribution in [0.1, 0.15) is 0 Å². The summed E-state index contributed by atoms with van der Waals surface area (Å²) in [7, 11) is 1.83. The number of benzene rings is 1. The minimum Gasteiger partial charge on any atom is -0.357 e. The molecule has 0 spiro atoms. The summed E-state index contributed by atoms with van der Waals surface area (Å²) in [6.45, 7) is 0. The lowest BCUT2D eigenvalue weighted by Gasteiger charge is -2.08. The zero-order chi connectivity index (χ0) is 14.2. The summed E-state index contributed by atoms with van der Waals surface area (Å²) in [5.74, 6) is 1.46. The third-order valence-corrected chi connectivity index (χ3v) is 4.97. The summed E-state index contributed by atoms with van der Waals surface area (Å²) >= 11 is 3.37. The molecule has 0 bridgehead atoms. The predicted molar refractivity (Wildman–Crippen MR) is 92.1 cm³/mol. The first-order valence-electron chi connectivity index (χ1n) is 6.51. The van der Waals surface area contributed by atoms with Crippen LogP contribution in [-0.2, 0) is 0 Å². The molecule has 104 valence electrons. The Kier molecular flexibility index (Phi) is 2.98. The van der Waals surface area contributed by atoms with Gasteiger partial charge in [0.05, 0.1) is 5.39 Å². The van der Waals surface area contributed by atoms with Gasteiger partial charge in [0.15, 0.2) is 0 Å². The molecule has 3 heterocycles. The molecule has 0 saturated heterocycles. The van der Waals surface area contributed by atoms with E-state index in [1.165, 1.54) is 10.1 Å². The van der Waals surface area contributed by atoms with Crippen molar-refractivity contribution in [1.82, 2.24) is 9.97 Å². The molecule has 0 atom stereocenters. The number of aromatic nitrogens is 2. The van der Waals surface area contributed by atoms with E-state index in [0.717, 1.165) is 21.7 Å². The largest absolute Gasteiger partial charge is 0.357 e. The highest BCUT2D eigenvalue weighted by atomic mass is 32.1. The highest BCUT2D eigenvalue weighted by Gasteiger charge is 2.09. The topological polar surface area (TPSA) is 49.8 Å². The van der Waals surface area contributed by atoms with Crippen LogP contribution >= 0.6 is 22.7 Å². The van der Waals surface area contributed by atoms with Crippen LogP contribution in [0.2, 0.25) is 0 Å². The van der Waals surface area contributed by atoms with Crippen LogP contribution in [0.4, 0.5) is 17.5 Å². The van der Waals surface area contributed by atoms with Gasteiger partial charge in [0.1, 0.15) is 10.6 Å². The van der Waals surface area contributed by atoms with Crippen molar-refractivity contribution >= 4 is 60.4 Å². The van der Waals surface area contributed by atoms with Gasteiger partial charge in [-0.05, 0) is 46.5 Å². The number of nitrogens with zero attached hydrogens (tertiary/aromatic N) is 2. The van der Waals surface area contributed by atoms with Crippen LogP contribution in [0.25, 0.3) is 20.3 Å². The van der Waals surface area contributed by atoms with Gasteiger partial charge >= 0.3 is 0 Å². The van der Waals surface area contributed by atoms with Gasteiger partial charge in [-0.3, -0.25) is 0 Å². The molecule has 0 aliphatic heterocycles. The van der Waals surface area contributed by atoms with Gasteiger partial charge < -0.3 is 10.6 Å².